The fourth-order valence-corrected chi connectivity index (χ4v) is 14.2. The molecule has 0 aliphatic rings. The highest BCUT2D eigenvalue weighted by Gasteiger charge is 2.23. The lowest BCUT2D eigenvalue weighted by Gasteiger charge is -2.15. The Bertz CT molecular complexity index is 5810. The first-order valence-corrected chi connectivity index (χ1v) is 30.1. The molecule has 13 aromatic carbocycles. The van der Waals surface area contributed by atoms with Crippen molar-refractivity contribution in [3.05, 3.63) is 315 Å². The van der Waals surface area contributed by atoms with Crippen LogP contribution >= 0.6 is 0 Å². The minimum atomic E-state index is 0.596. The number of para-hydroxylation sites is 6. The fourth-order valence-electron chi connectivity index (χ4n) is 14.2. The Hall–Kier alpha value is -11.9. The average molecular weight is 1120 g/mol. The maximum Gasteiger partial charge on any atom is 0.235 e. The molecule has 0 N–H and O–H groups in total. The van der Waals surface area contributed by atoms with Crippen molar-refractivity contribution in [2.45, 2.75) is 0 Å². The van der Waals surface area contributed by atoms with Gasteiger partial charge in [0.25, 0.3) is 0 Å². The first-order chi connectivity index (χ1) is 43.7. The van der Waals surface area contributed by atoms with Crippen LogP contribution in [0.3, 0.4) is 0 Å². The van der Waals surface area contributed by atoms with Crippen molar-refractivity contribution in [1.29, 1.82) is 0 Å². The van der Waals surface area contributed by atoms with E-state index in [1.54, 1.807) is 0 Å². The molecule has 0 atom stereocenters. The molecule has 0 saturated carbocycles. The standard InChI is InChI=1S/C82H52N6/c1-4-23-53(24-5-1)60-31-10-11-32-63(60)71-52-70(83-82(84-71)88-73-40-17-13-34-65(73)69-51-55(46-48-77(69)88)62-38-22-44-79-81(62)67-36-15-19-42-75(67)86(79)58-28-8-3-9-29-58)56-25-20-30-59(49-56)87-72-39-16-12-33-64(72)68-50-54(45-47-76(68)87)61-37-21-43-78-80(61)66-35-14-18-41-74(66)85(78)57-26-6-2-7-27-57/h1-52H. The van der Waals surface area contributed by atoms with E-state index in [4.69, 9.17) is 9.97 Å². The van der Waals surface area contributed by atoms with E-state index in [2.05, 4.69) is 334 Å². The minimum absolute atomic E-state index is 0.596. The smallest absolute Gasteiger partial charge is 0.235 e. The molecule has 0 amide bonds. The van der Waals surface area contributed by atoms with E-state index in [1.165, 1.54) is 71.1 Å². The molecule has 88 heavy (non-hydrogen) atoms. The molecule has 0 unspecified atom stereocenters. The van der Waals surface area contributed by atoms with Crippen molar-refractivity contribution in [3.63, 3.8) is 0 Å². The third-order valence-electron chi connectivity index (χ3n) is 18.0. The maximum absolute atomic E-state index is 5.66. The Morgan fingerprint density at radius 3 is 1.14 bits per heavy atom. The van der Waals surface area contributed by atoms with E-state index < -0.39 is 0 Å². The minimum Gasteiger partial charge on any atom is -0.309 e. The van der Waals surface area contributed by atoms with Crippen LogP contribution in [0.25, 0.3) is 166 Å². The van der Waals surface area contributed by atoms with Gasteiger partial charge in [-0.3, -0.25) is 4.57 Å². The number of hydrogen-bond acceptors (Lipinski definition) is 2. The summed E-state index contributed by atoms with van der Waals surface area (Å²) in [7, 11) is 0. The molecule has 5 heterocycles. The lowest BCUT2D eigenvalue weighted by molar-refractivity contribution is 0.995. The fraction of sp³-hybridized carbons (Fsp3) is 0. The number of hydrogen-bond donors (Lipinski definition) is 0. The van der Waals surface area contributed by atoms with Crippen molar-refractivity contribution in [1.82, 2.24) is 28.2 Å². The van der Waals surface area contributed by atoms with E-state index in [9.17, 15) is 0 Å². The summed E-state index contributed by atoms with van der Waals surface area (Å²) in [5.74, 6) is 0.596. The first-order valence-electron chi connectivity index (χ1n) is 30.1. The van der Waals surface area contributed by atoms with Crippen molar-refractivity contribution in [2.24, 2.45) is 0 Å². The van der Waals surface area contributed by atoms with Crippen LogP contribution in [-0.4, -0.2) is 28.2 Å². The number of benzene rings is 13. The average Bonchev–Trinajstić information content (AvgIpc) is 1.68. The van der Waals surface area contributed by atoms with E-state index in [-0.39, 0.29) is 0 Å². The summed E-state index contributed by atoms with van der Waals surface area (Å²) >= 11 is 0. The zero-order valence-electron chi connectivity index (χ0n) is 47.7. The molecule has 6 heteroatoms. The van der Waals surface area contributed by atoms with Gasteiger partial charge in [0, 0.05) is 71.3 Å². The predicted octanol–water partition coefficient (Wildman–Crippen LogP) is 21.2. The second kappa shape index (κ2) is 19.9. The summed E-state index contributed by atoms with van der Waals surface area (Å²) in [5, 5.41) is 9.57. The Morgan fingerprint density at radius 2 is 0.568 bits per heavy atom. The van der Waals surface area contributed by atoms with Gasteiger partial charge in [0.05, 0.1) is 55.5 Å². The van der Waals surface area contributed by atoms with Gasteiger partial charge in [-0.05, 0) is 137 Å². The third-order valence-corrected chi connectivity index (χ3v) is 18.0. The van der Waals surface area contributed by atoms with Gasteiger partial charge in [-0.1, -0.05) is 212 Å². The van der Waals surface area contributed by atoms with E-state index >= 15 is 0 Å². The van der Waals surface area contributed by atoms with Gasteiger partial charge in [0.1, 0.15) is 0 Å². The molecule has 6 nitrogen and oxygen atoms in total. The molecular weight excluding hydrogens is 1070 g/mol. The highest BCUT2D eigenvalue weighted by atomic mass is 15.2. The Balaban J connectivity index is 0.811. The molecule has 0 saturated heterocycles. The van der Waals surface area contributed by atoms with Gasteiger partial charge >= 0.3 is 0 Å². The summed E-state index contributed by atoms with van der Waals surface area (Å²) in [4.78, 5) is 11.3. The molecule has 0 fully saturated rings. The van der Waals surface area contributed by atoms with Crippen LogP contribution in [0.2, 0.25) is 0 Å². The van der Waals surface area contributed by atoms with Crippen molar-refractivity contribution in [2.75, 3.05) is 0 Å². The topological polar surface area (TPSA) is 45.5 Å². The monoisotopic (exact) mass is 1120 g/mol. The number of fused-ring (bicyclic) bond motifs is 12. The van der Waals surface area contributed by atoms with E-state index in [1.807, 2.05) is 0 Å². The van der Waals surface area contributed by atoms with Crippen LogP contribution < -0.4 is 0 Å². The lowest BCUT2D eigenvalue weighted by Crippen LogP contribution is -2.04. The maximum atomic E-state index is 5.66. The SMILES string of the molecule is c1ccc(-c2ccccc2-c2cc(-c3cccc(-n4c5ccccc5c5cc(-c6cccc7c6c6ccccc6n7-c6ccccc6)ccc54)c3)nc(-n3c4ccccc4c4cc(-c5cccc6c5c5ccccc5n6-c5ccccc5)ccc43)n2)cc1. The Kier molecular flexibility index (Phi) is 11.2. The second-order valence-corrected chi connectivity index (χ2v) is 22.8. The summed E-state index contributed by atoms with van der Waals surface area (Å²) in [5.41, 5.74) is 23.0. The van der Waals surface area contributed by atoms with Gasteiger partial charge in [-0.2, -0.15) is 0 Å². The largest absolute Gasteiger partial charge is 0.309 e. The summed E-state index contributed by atoms with van der Waals surface area (Å²) in [6, 6.07) is 114. The van der Waals surface area contributed by atoms with Crippen LogP contribution in [0.5, 0.6) is 0 Å². The molecule has 410 valence electrons. The quantitative estimate of drug-likeness (QED) is 0.145. The first kappa shape index (κ1) is 49.6. The molecule has 0 aliphatic heterocycles. The molecule has 0 spiro atoms. The zero-order chi connectivity index (χ0) is 57.8. The molecule has 5 aromatic heterocycles. The van der Waals surface area contributed by atoms with E-state index in [0.717, 1.165) is 89.1 Å². The van der Waals surface area contributed by atoms with E-state index in [0.29, 0.717) is 5.95 Å². The summed E-state index contributed by atoms with van der Waals surface area (Å²) in [6.45, 7) is 0. The van der Waals surface area contributed by atoms with Gasteiger partial charge in [-0.25, -0.2) is 9.97 Å². The Labute approximate surface area is 507 Å². The second-order valence-electron chi connectivity index (χ2n) is 22.8. The van der Waals surface area contributed by atoms with Crippen LogP contribution in [0.1, 0.15) is 0 Å². The lowest BCUT2D eigenvalue weighted by atomic mass is 9.97. The van der Waals surface area contributed by atoms with Crippen LogP contribution in [0, 0.1) is 0 Å². The van der Waals surface area contributed by atoms with Crippen LogP contribution in [-0.2, 0) is 0 Å². The summed E-state index contributed by atoms with van der Waals surface area (Å²) < 4.78 is 9.46. The van der Waals surface area contributed by atoms with Crippen LogP contribution in [0.15, 0.2) is 315 Å². The van der Waals surface area contributed by atoms with Gasteiger partial charge < -0.3 is 13.7 Å². The molecule has 0 bridgehead atoms. The predicted molar refractivity (Wildman–Crippen MR) is 367 cm³/mol. The molecule has 18 rings (SSSR count). The van der Waals surface area contributed by atoms with Gasteiger partial charge in [0.2, 0.25) is 5.95 Å². The van der Waals surface area contributed by atoms with Crippen molar-refractivity contribution in [3.8, 4) is 78.9 Å². The molecular formula is C82H52N6. The zero-order valence-corrected chi connectivity index (χ0v) is 47.7. The highest BCUT2D eigenvalue weighted by Crippen LogP contribution is 2.45. The van der Waals surface area contributed by atoms with Crippen molar-refractivity contribution < 1.29 is 0 Å². The Morgan fingerprint density at radius 1 is 0.193 bits per heavy atom. The molecule has 0 aliphatic carbocycles. The highest BCUT2D eigenvalue weighted by molar-refractivity contribution is 6.19. The van der Waals surface area contributed by atoms with Gasteiger partial charge in [0.15, 0.2) is 0 Å². The summed E-state index contributed by atoms with van der Waals surface area (Å²) in [6.07, 6.45) is 0. The number of aromatic nitrogens is 6. The third kappa shape index (κ3) is 7.69. The van der Waals surface area contributed by atoms with Crippen molar-refractivity contribution >= 4 is 87.2 Å². The molecule has 0 radical (unpaired) electrons. The number of nitrogens with zero attached hydrogens (tertiary/aromatic N) is 6. The normalized spacial score (nSPS) is 11.9. The van der Waals surface area contributed by atoms with Crippen LogP contribution in [0.4, 0.5) is 0 Å². The molecule has 18 aromatic rings. The van der Waals surface area contributed by atoms with Gasteiger partial charge in [-0.15, -0.1) is 0 Å². The number of rotatable bonds is 9.